The van der Waals surface area contributed by atoms with E-state index in [0.29, 0.717) is 3.95 Å². The highest BCUT2D eigenvalue weighted by Gasteiger charge is 2.19. The number of aromatic nitrogens is 2. The smallest absolute Gasteiger partial charge is 0.231 e. The molecular formula is C21H16FN3OS4. The lowest BCUT2D eigenvalue weighted by atomic mass is 10.1. The first-order chi connectivity index (χ1) is 14.6. The molecule has 4 rings (SSSR count). The lowest BCUT2D eigenvalue weighted by molar-refractivity contribution is -0.119. The highest BCUT2D eigenvalue weighted by atomic mass is 32.2. The Morgan fingerprint density at radius 3 is 2.60 bits per heavy atom. The van der Waals surface area contributed by atoms with Crippen LogP contribution in [0.15, 0.2) is 76.4 Å². The Morgan fingerprint density at radius 1 is 1.13 bits per heavy atom. The quantitative estimate of drug-likeness (QED) is 0.270. The number of carbonyl (C=O) groups excluding carboxylic acids is 1. The first-order valence-corrected chi connectivity index (χ1v) is 12.1. The van der Waals surface area contributed by atoms with Crippen molar-refractivity contribution in [2.24, 2.45) is 0 Å². The van der Waals surface area contributed by atoms with Gasteiger partial charge in [0, 0.05) is 4.88 Å². The first-order valence-electron chi connectivity index (χ1n) is 8.97. The Morgan fingerprint density at radius 2 is 1.90 bits per heavy atom. The molecule has 1 unspecified atom stereocenters. The van der Waals surface area contributed by atoms with Crippen molar-refractivity contribution in [1.29, 1.82) is 0 Å². The predicted molar refractivity (Wildman–Crippen MR) is 124 cm³/mol. The molecule has 2 heterocycles. The van der Waals surface area contributed by atoms with Crippen LogP contribution in [0, 0.1) is 9.77 Å². The molecule has 4 aromatic rings. The van der Waals surface area contributed by atoms with Crippen LogP contribution in [0.1, 0.15) is 16.5 Å². The van der Waals surface area contributed by atoms with Crippen molar-refractivity contribution in [3.63, 3.8) is 0 Å². The van der Waals surface area contributed by atoms with E-state index in [0.717, 1.165) is 20.5 Å². The summed E-state index contributed by atoms with van der Waals surface area (Å²) in [4.78, 5) is 13.7. The van der Waals surface area contributed by atoms with Gasteiger partial charge in [0.1, 0.15) is 5.82 Å². The maximum atomic E-state index is 13.3. The average molecular weight is 474 g/mol. The average Bonchev–Trinajstić information content (AvgIpc) is 3.42. The number of para-hydroxylation sites is 1. The largest absolute Gasteiger partial charge is 0.344 e. The number of halogens is 1. The minimum absolute atomic E-state index is 0.130. The topological polar surface area (TPSA) is 46.9 Å². The van der Waals surface area contributed by atoms with Crippen molar-refractivity contribution < 1.29 is 9.18 Å². The van der Waals surface area contributed by atoms with E-state index in [1.165, 1.54) is 35.2 Å². The molecule has 2 aromatic heterocycles. The third-order valence-corrected chi connectivity index (χ3v) is 7.50. The summed E-state index contributed by atoms with van der Waals surface area (Å²) in [6.07, 6.45) is 0. The zero-order valence-corrected chi connectivity index (χ0v) is 18.8. The lowest BCUT2D eigenvalue weighted by Crippen LogP contribution is -2.30. The van der Waals surface area contributed by atoms with Gasteiger partial charge in [-0.1, -0.05) is 59.5 Å². The SMILES string of the molecule is O=C(CSc1nn(-c2ccccc2)c(=S)s1)NC(c1ccc(F)cc1)c1cccs1. The number of nitrogens with one attached hydrogen (secondary N) is 1. The Labute approximate surface area is 190 Å². The van der Waals surface area contributed by atoms with Gasteiger partial charge in [0.25, 0.3) is 0 Å². The van der Waals surface area contributed by atoms with Crippen molar-refractivity contribution in [3.8, 4) is 5.69 Å². The molecule has 0 aliphatic rings. The van der Waals surface area contributed by atoms with Gasteiger partial charge in [-0.05, 0) is 53.5 Å². The fourth-order valence-electron chi connectivity index (χ4n) is 2.81. The number of nitrogens with zero attached hydrogens (tertiary/aromatic N) is 2. The third kappa shape index (κ3) is 5.04. The van der Waals surface area contributed by atoms with Crippen molar-refractivity contribution in [1.82, 2.24) is 15.1 Å². The summed E-state index contributed by atoms with van der Waals surface area (Å²) in [7, 11) is 0. The molecule has 4 nitrogen and oxygen atoms in total. The molecule has 30 heavy (non-hydrogen) atoms. The Kier molecular flexibility index (Phi) is 6.73. The van der Waals surface area contributed by atoms with E-state index in [9.17, 15) is 9.18 Å². The van der Waals surface area contributed by atoms with Crippen molar-refractivity contribution in [3.05, 3.63) is 92.3 Å². The van der Waals surface area contributed by atoms with Crippen LogP contribution in [0.2, 0.25) is 0 Å². The molecular weight excluding hydrogens is 458 g/mol. The van der Waals surface area contributed by atoms with Gasteiger partial charge in [-0.25, -0.2) is 9.07 Å². The van der Waals surface area contributed by atoms with Crippen LogP contribution in [-0.2, 0) is 4.79 Å². The number of rotatable bonds is 7. The number of amides is 1. The zero-order chi connectivity index (χ0) is 20.9. The van der Waals surface area contributed by atoms with E-state index in [4.69, 9.17) is 12.2 Å². The van der Waals surface area contributed by atoms with E-state index in [1.54, 1.807) is 28.2 Å². The van der Waals surface area contributed by atoms with Crippen molar-refractivity contribution >= 4 is 52.6 Å². The first kappa shape index (κ1) is 20.9. The summed E-state index contributed by atoms with van der Waals surface area (Å²) in [5.41, 5.74) is 1.73. The molecule has 0 spiro atoms. The molecule has 0 fully saturated rings. The second-order valence-corrected chi connectivity index (χ2v) is 10.1. The van der Waals surface area contributed by atoms with E-state index >= 15 is 0 Å². The van der Waals surface area contributed by atoms with E-state index in [-0.39, 0.29) is 23.5 Å². The standard InChI is InChI=1S/C21H16FN3OS4/c22-15-10-8-14(9-11-15)19(17-7-4-12-28-17)23-18(26)13-29-20-24-25(21(27)30-20)16-5-2-1-3-6-16/h1-12,19H,13H2,(H,23,26). The van der Waals surface area contributed by atoms with Crippen LogP contribution in [0.3, 0.4) is 0 Å². The van der Waals surface area contributed by atoms with Crippen LogP contribution < -0.4 is 5.32 Å². The number of thiophene rings is 1. The van der Waals surface area contributed by atoms with Crippen molar-refractivity contribution in [2.45, 2.75) is 10.4 Å². The lowest BCUT2D eigenvalue weighted by Gasteiger charge is -2.18. The van der Waals surface area contributed by atoms with Crippen LogP contribution in [-0.4, -0.2) is 21.4 Å². The monoisotopic (exact) mass is 473 g/mol. The summed E-state index contributed by atoms with van der Waals surface area (Å²) in [6.45, 7) is 0. The van der Waals surface area contributed by atoms with Gasteiger partial charge in [0.05, 0.1) is 17.5 Å². The maximum absolute atomic E-state index is 13.3. The second-order valence-electron chi connectivity index (χ2n) is 6.24. The number of carbonyl (C=O) groups is 1. The molecule has 1 amide bonds. The molecule has 1 atom stereocenters. The van der Waals surface area contributed by atoms with Crippen LogP contribution in [0.5, 0.6) is 0 Å². The van der Waals surface area contributed by atoms with Crippen LogP contribution in [0.25, 0.3) is 5.69 Å². The molecule has 1 N–H and O–H groups in total. The zero-order valence-electron chi connectivity index (χ0n) is 15.5. The molecule has 0 aliphatic heterocycles. The molecule has 0 saturated carbocycles. The fraction of sp³-hybridized carbons (Fsp3) is 0.0952. The number of hydrogen-bond donors (Lipinski definition) is 1. The van der Waals surface area contributed by atoms with Gasteiger partial charge in [-0.15, -0.1) is 16.4 Å². The van der Waals surface area contributed by atoms with E-state index in [1.807, 2.05) is 47.8 Å². The van der Waals surface area contributed by atoms with Crippen LogP contribution in [0.4, 0.5) is 4.39 Å². The summed E-state index contributed by atoms with van der Waals surface area (Å²) >= 11 is 9.68. The highest BCUT2D eigenvalue weighted by Crippen LogP contribution is 2.28. The van der Waals surface area contributed by atoms with Gasteiger partial charge < -0.3 is 5.32 Å². The van der Waals surface area contributed by atoms with Gasteiger partial charge in [0.15, 0.2) is 8.29 Å². The van der Waals surface area contributed by atoms with Crippen LogP contribution >= 0.6 is 46.7 Å². The molecule has 0 aliphatic carbocycles. The summed E-state index contributed by atoms with van der Waals surface area (Å²) in [6, 6.07) is 19.4. The van der Waals surface area contributed by atoms with Crippen molar-refractivity contribution in [2.75, 3.05) is 5.75 Å². The minimum atomic E-state index is -0.321. The number of benzene rings is 2. The second kappa shape index (κ2) is 9.65. The van der Waals surface area contributed by atoms with Gasteiger partial charge in [-0.3, -0.25) is 4.79 Å². The van der Waals surface area contributed by atoms with E-state index < -0.39 is 0 Å². The molecule has 2 aromatic carbocycles. The fourth-order valence-corrected chi connectivity index (χ4v) is 5.79. The molecule has 0 radical (unpaired) electrons. The predicted octanol–water partition coefficient (Wildman–Crippen LogP) is 5.86. The molecule has 0 bridgehead atoms. The summed E-state index contributed by atoms with van der Waals surface area (Å²) < 4.78 is 16.4. The summed E-state index contributed by atoms with van der Waals surface area (Å²) in [5, 5.41) is 9.53. The normalized spacial score (nSPS) is 11.9. The van der Waals surface area contributed by atoms with E-state index in [2.05, 4.69) is 10.4 Å². The van der Waals surface area contributed by atoms with Gasteiger partial charge in [0.2, 0.25) is 5.91 Å². The molecule has 152 valence electrons. The summed E-state index contributed by atoms with van der Waals surface area (Å²) in [5.74, 6) is -0.226. The Bertz CT molecular complexity index is 1170. The Balaban J connectivity index is 1.44. The number of thioether (sulfide) groups is 1. The molecule has 9 heteroatoms. The Hall–Kier alpha value is -2.33. The maximum Gasteiger partial charge on any atom is 0.231 e. The number of hydrogen-bond acceptors (Lipinski definition) is 6. The van der Waals surface area contributed by atoms with Gasteiger partial charge >= 0.3 is 0 Å². The third-order valence-electron chi connectivity index (χ3n) is 4.19. The van der Waals surface area contributed by atoms with Gasteiger partial charge in [-0.2, -0.15) is 0 Å². The minimum Gasteiger partial charge on any atom is -0.344 e. The molecule has 0 saturated heterocycles. The highest BCUT2D eigenvalue weighted by molar-refractivity contribution is 8.01.